The SMILES string of the molecule is O=C(Nc1ccc(C(=O)O)cc1)Nc1cccc(Cl)c1Br. The third-order valence-electron chi connectivity index (χ3n) is 2.59. The second-order valence-electron chi connectivity index (χ2n) is 4.06. The monoisotopic (exact) mass is 368 g/mol. The van der Waals surface area contributed by atoms with Crippen LogP contribution in [0.2, 0.25) is 5.02 Å². The summed E-state index contributed by atoms with van der Waals surface area (Å²) in [5.74, 6) is -1.02. The molecule has 2 aromatic rings. The summed E-state index contributed by atoms with van der Waals surface area (Å²) in [6.07, 6.45) is 0. The van der Waals surface area contributed by atoms with Gasteiger partial charge in [-0.2, -0.15) is 0 Å². The van der Waals surface area contributed by atoms with Gasteiger partial charge in [-0.05, 0) is 52.3 Å². The van der Waals surface area contributed by atoms with E-state index in [-0.39, 0.29) is 5.56 Å². The predicted molar refractivity (Wildman–Crippen MR) is 85.2 cm³/mol. The molecule has 0 bridgehead atoms. The van der Waals surface area contributed by atoms with Gasteiger partial charge in [0.1, 0.15) is 0 Å². The van der Waals surface area contributed by atoms with Crippen LogP contribution in [0, 0.1) is 0 Å². The molecular weight excluding hydrogens is 360 g/mol. The molecule has 0 aliphatic heterocycles. The van der Waals surface area contributed by atoms with Gasteiger partial charge in [0.25, 0.3) is 0 Å². The number of carbonyl (C=O) groups excluding carboxylic acids is 1. The molecule has 2 amide bonds. The predicted octanol–water partition coefficient (Wildman–Crippen LogP) is 4.44. The van der Waals surface area contributed by atoms with E-state index in [2.05, 4.69) is 26.6 Å². The minimum Gasteiger partial charge on any atom is -0.478 e. The third kappa shape index (κ3) is 3.96. The Morgan fingerprint density at radius 1 is 1.05 bits per heavy atom. The molecule has 0 atom stereocenters. The fraction of sp³-hybridized carbons (Fsp3) is 0. The summed E-state index contributed by atoms with van der Waals surface area (Å²) in [5, 5.41) is 14.5. The molecule has 0 heterocycles. The molecule has 0 aliphatic carbocycles. The van der Waals surface area contributed by atoms with Gasteiger partial charge in [0, 0.05) is 5.69 Å². The number of benzene rings is 2. The van der Waals surface area contributed by atoms with E-state index >= 15 is 0 Å². The van der Waals surface area contributed by atoms with Gasteiger partial charge in [0.2, 0.25) is 0 Å². The van der Waals surface area contributed by atoms with Gasteiger partial charge in [-0.3, -0.25) is 0 Å². The van der Waals surface area contributed by atoms with Crippen molar-refractivity contribution in [1.29, 1.82) is 0 Å². The molecule has 0 saturated carbocycles. The molecule has 7 heteroatoms. The highest BCUT2D eigenvalue weighted by atomic mass is 79.9. The highest BCUT2D eigenvalue weighted by Crippen LogP contribution is 2.30. The number of halogens is 2. The summed E-state index contributed by atoms with van der Waals surface area (Å²) >= 11 is 9.21. The van der Waals surface area contributed by atoms with Gasteiger partial charge in [-0.15, -0.1) is 0 Å². The van der Waals surface area contributed by atoms with Crippen molar-refractivity contribution in [3.63, 3.8) is 0 Å². The molecule has 0 fully saturated rings. The lowest BCUT2D eigenvalue weighted by Crippen LogP contribution is -2.19. The van der Waals surface area contributed by atoms with Gasteiger partial charge in [-0.25, -0.2) is 9.59 Å². The van der Waals surface area contributed by atoms with Crippen LogP contribution >= 0.6 is 27.5 Å². The van der Waals surface area contributed by atoms with Gasteiger partial charge >= 0.3 is 12.0 Å². The number of carboxylic acids is 1. The van der Waals surface area contributed by atoms with E-state index in [9.17, 15) is 9.59 Å². The van der Waals surface area contributed by atoms with Crippen molar-refractivity contribution >= 4 is 50.9 Å². The number of carboxylic acid groups (broad SMARTS) is 1. The zero-order chi connectivity index (χ0) is 15.4. The van der Waals surface area contributed by atoms with Gasteiger partial charge in [0.15, 0.2) is 0 Å². The molecule has 0 spiro atoms. The van der Waals surface area contributed by atoms with Crippen molar-refractivity contribution in [3.8, 4) is 0 Å². The number of nitrogens with one attached hydrogen (secondary N) is 2. The van der Waals surface area contributed by atoms with Crippen LogP contribution in [0.15, 0.2) is 46.9 Å². The molecule has 2 rings (SSSR count). The molecule has 3 N–H and O–H groups in total. The summed E-state index contributed by atoms with van der Waals surface area (Å²) < 4.78 is 0.586. The number of carbonyl (C=O) groups is 2. The molecule has 21 heavy (non-hydrogen) atoms. The second-order valence-corrected chi connectivity index (χ2v) is 5.26. The van der Waals surface area contributed by atoms with Crippen LogP contribution in [0.3, 0.4) is 0 Å². The molecule has 2 aromatic carbocycles. The topological polar surface area (TPSA) is 78.4 Å². The lowest BCUT2D eigenvalue weighted by molar-refractivity contribution is 0.0697. The van der Waals surface area contributed by atoms with E-state index in [1.165, 1.54) is 24.3 Å². The van der Waals surface area contributed by atoms with Crippen LogP contribution in [0.4, 0.5) is 16.2 Å². The Labute approximate surface area is 134 Å². The van der Waals surface area contributed by atoms with E-state index in [0.717, 1.165) is 0 Å². The van der Waals surface area contributed by atoms with Gasteiger partial charge in [0.05, 0.1) is 20.7 Å². The summed E-state index contributed by atoms with van der Waals surface area (Å²) in [5.41, 5.74) is 1.16. The van der Waals surface area contributed by atoms with E-state index in [4.69, 9.17) is 16.7 Å². The maximum atomic E-state index is 11.9. The lowest BCUT2D eigenvalue weighted by atomic mass is 10.2. The highest BCUT2D eigenvalue weighted by Gasteiger charge is 2.08. The van der Waals surface area contributed by atoms with Crippen LogP contribution in [-0.4, -0.2) is 17.1 Å². The summed E-state index contributed by atoms with van der Waals surface area (Å²) in [7, 11) is 0. The first-order valence-corrected chi connectivity index (χ1v) is 7.00. The van der Waals surface area contributed by atoms with Crippen molar-refractivity contribution in [3.05, 3.63) is 57.5 Å². The smallest absolute Gasteiger partial charge is 0.335 e. The maximum absolute atomic E-state index is 11.9. The first-order valence-electron chi connectivity index (χ1n) is 5.83. The Bertz CT molecular complexity index is 689. The second kappa shape index (κ2) is 6.60. The number of amides is 2. The quantitative estimate of drug-likeness (QED) is 0.748. The highest BCUT2D eigenvalue weighted by molar-refractivity contribution is 9.10. The Morgan fingerprint density at radius 3 is 2.33 bits per heavy atom. The van der Waals surface area contributed by atoms with Crippen molar-refractivity contribution in [1.82, 2.24) is 0 Å². The first kappa shape index (κ1) is 15.3. The fourth-order valence-corrected chi connectivity index (χ4v) is 2.12. The number of rotatable bonds is 3. The van der Waals surface area contributed by atoms with Crippen LogP contribution in [-0.2, 0) is 0 Å². The van der Waals surface area contributed by atoms with Crippen molar-refractivity contribution in [2.45, 2.75) is 0 Å². The van der Waals surface area contributed by atoms with Crippen LogP contribution in [0.5, 0.6) is 0 Å². The molecule has 0 saturated heterocycles. The van der Waals surface area contributed by atoms with E-state index in [1.54, 1.807) is 18.2 Å². The average molecular weight is 370 g/mol. The fourth-order valence-electron chi connectivity index (χ4n) is 1.58. The average Bonchev–Trinajstić information content (AvgIpc) is 2.44. The number of urea groups is 1. The largest absolute Gasteiger partial charge is 0.478 e. The summed E-state index contributed by atoms with van der Waals surface area (Å²) in [4.78, 5) is 22.6. The Morgan fingerprint density at radius 2 is 1.71 bits per heavy atom. The Kier molecular flexibility index (Phi) is 4.82. The lowest BCUT2D eigenvalue weighted by Gasteiger charge is -2.10. The minimum atomic E-state index is -1.02. The normalized spacial score (nSPS) is 10.0. The molecule has 0 aliphatic rings. The van der Waals surface area contributed by atoms with Crippen molar-refractivity contribution in [2.75, 3.05) is 10.6 Å². The summed E-state index contributed by atoms with van der Waals surface area (Å²) in [6.45, 7) is 0. The van der Waals surface area contributed by atoms with Crippen LogP contribution in [0.1, 0.15) is 10.4 Å². The summed E-state index contributed by atoms with van der Waals surface area (Å²) in [6, 6.07) is 10.5. The van der Waals surface area contributed by atoms with Crippen molar-refractivity contribution < 1.29 is 14.7 Å². The van der Waals surface area contributed by atoms with E-state index < -0.39 is 12.0 Å². The zero-order valence-electron chi connectivity index (χ0n) is 10.6. The number of aromatic carboxylic acids is 1. The number of hydrogen-bond acceptors (Lipinski definition) is 2. The molecule has 0 radical (unpaired) electrons. The van der Waals surface area contributed by atoms with Crippen molar-refractivity contribution in [2.24, 2.45) is 0 Å². The van der Waals surface area contributed by atoms with Crippen LogP contribution < -0.4 is 10.6 Å². The molecule has 0 unspecified atom stereocenters. The molecule has 0 aromatic heterocycles. The molecule has 108 valence electrons. The van der Waals surface area contributed by atoms with Gasteiger partial charge in [-0.1, -0.05) is 17.7 Å². The molecular formula is C14H10BrClN2O3. The zero-order valence-corrected chi connectivity index (χ0v) is 12.9. The maximum Gasteiger partial charge on any atom is 0.335 e. The first-order chi connectivity index (χ1) is 9.97. The van der Waals surface area contributed by atoms with E-state index in [0.29, 0.717) is 20.9 Å². The Hall–Kier alpha value is -2.05. The number of anilines is 2. The Balaban J connectivity index is 2.04. The minimum absolute atomic E-state index is 0.151. The van der Waals surface area contributed by atoms with Crippen LogP contribution in [0.25, 0.3) is 0 Å². The van der Waals surface area contributed by atoms with Gasteiger partial charge < -0.3 is 15.7 Å². The molecule has 5 nitrogen and oxygen atoms in total. The number of hydrogen-bond donors (Lipinski definition) is 3. The third-order valence-corrected chi connectivity index (χ3v) is 3.99. The standard InChI is InChI=1S/C14H10BrClN2O3/c15-12-10(16)2-1-3-11(12)18-14(21)17-9-6-4-8(5-7-9)13(19)20/h1-7H,(H,19,20)(H2,17,18,21). The van der Waals surface area contributed by atoms with E-state index in [1.807, 2.05) is 0 Å².